The van der Waals surface area contributed by atoms with Gasteiger partial charge >= 0.3 is 0 Å². The number of ether oxygens (including phenoxy) is 2. The molecule has 6 nitrogen and oxygen atoms in total. The molecule has 1 fully saturated rings. The van der Waals surface area contributed by atoms with Crippen molar-refractivity contribution in [2.75, 3.05) is 27.3 Å². The molecule has 1 aromatic carbocycles. The van der Waals surface area contributed by atoms with Crippen molar-refractivity contribution in [1.29, 1.82) is 0 Å². The van der Waals surface area contributed by atoms with E-state index in [0.717, 1.165) is 18.4 Å². The SMILES string of the molecule is COc1ccc(CNC(=O)CN2CCCCC2=O)c(OC)c1. The summed E-state index contributed by atoms with van der Waals surface area (Å²) in [5.74, 6) is 1.26. The van der Waals surface area contributed by atoms with E-state index in [0.29, 0.717) is 31.0 Å². The molecular formula is C16H22N2O4. The van der Waals surface area contributed by atoms with E-state index < -0.39 is 0 Å². The highest BCUT2D eigenvalue weighted by atomic mass is 16.5. The van der Waals surface area contributed by atoms with Crippen molar-refractivity contribution in [3.63, 3.8) is 0 Å². The summed E-state index contributed by atoms with van der Waals surface area (Å²) in [6, 6.07) is 5.44. The first-order chi connectivity index (χ1) is 10.6. The normalized spacial score (nSPS) is 14.6. The number of carbonyl (C=O) groups is 2. The summed E-state index contributed by atoms with van der Waals surface area (Å²) in [5.41, 5.74) is 0.863. The number of benzene rings is 1. The van der Waals surface area contributed by atoms with Gasteiger partial charge in [-0.3, -0.25) is 9.59 Å². The highest BCUT2D eigenvalue weighted by Crippen LogP contribution is 2.24. The van der Waals surface area contributed by atoms with Gasteiger partial charge in [0.2, 0.25) is 11.8 Å². The van der Waals surface area contributed by atoms with Crippen LogP contribution in [0.2, 0.25) is 0 Å². The van der Waals surface area contributed by atoms with Gasteiger partial charge in [0.25, 0.3) is 0 Å². The number of methoxy groups -OCH3 is 2. The number of rotatable bonds is 6. The maximum absolute atomic E-state index is 12.0. The second-order valence-electron chi connectivity index (χ2n) is 5.23. The molecular weight excluding hydrogens is 284 g/mol. The molecule has 0 radical (unpaired) electrons. The Balaban J connectivity index is 1.89. The number of amides is 2. The van der Waals surface area contributed by atoms with E-state index in [9.17, 15) is 9.59 Å². The van der Waals surface area contributed by atoms with E-state index >= 15 is 0 Å². The number of nitrogens with zero attached hydrogens (tertiary/aromatic N) is 1. The minimum Gasteiger partial charge on any atom is -0.497 e. The predicted octanol–water partition coefficient (Wildman–Crippen LogP) is 1.33. The summed E-state index contributed by atoms with van der Waals surface area (Å²) < 4.78 is 10.4. The fourth-order valence-electron chi connectivity index (χ4n) is 2.45. The number of hydrogen-bond acceptors (Lipinski definition) is 4. The summed E-state index contributed by atoms with van der Waals surface area (Å²) in [6.45, 7) is 1.14. The molecule has 1 aromatic rings. The minimum absolute atomic E-state index is 0.0587. The monoisotopic (exact) mass is 306 g/mol. The lowest BCUT2D eigenvalue weighted by Crippen LogP contribution is -2.42. The van der Waals surface area contributed by atoms with Crippen LogP contribution in [0.1, 0.15) is 24.8 Å². The molecule has 1 N–H and O–H groups in total. The molecule has 1 saturated heterocycles. The van der Waals surface area contributed by atoms with E-state index in [4.69, 9.17) is 9.47 Å². The van der Waals surface area contributed by atoms with Crippen LogP contribution in [0.3, 0.4) is 0 Å². The van der Waals surface area contributed by atoms with E-state index in [1.807, 2.05) is 12.1 Å². The van der Waals surface area contributed by atoms with Crippen molar-refractivity contribution in [2.24, 2.45) is 0 Å². The third-order valence-corrected chi connectivity index (χ3v) is 3.73. The Bertz CT molecular complexity index is 545. The number of hydrogen-bond donors (Lipinski definition) is 1. The highest BCUT2D eigenvalue weighted by molar-refractivity contribution is 5.85. The van der Waals surface area contributed by atoms with Gasteiger partial charge in [0, 0.05) is 31.1 Å². The van der Waals surface area contributed by atoms with Crippen molar-refractivity contribution in [3.05, 3.63) is 23.8 Å². The standard InChI is InChI=1S/C16H22N2O4/c1-21-13-7-6-12(14(9-13)22-2)10-17-15(19)11-18-8-4-3-5-16(18)20/h6-7,9H,3-5,8,10-11H2,1-2H3,(H,17,19). The minimum atomic E-state index is -0.159. The van der Waals surface area contributed by atoms with Crippen molar-refractivity contribution in [3.8, 4) is 11.5 Å². The molecule has 22 heavy (non-hydrogen) atoms. The molecule has 0 bridgehead atoms. The molecule has 0 spiro atoms. The third-order valence-electron chi connectivity index (χ3n) is 3.73. The van der Waals surface area contributed by atoms with Gasteiger partial charge in [-0.15, -0.1) is 0 Å². The molecule has 120 valence electrons. The van der Waals surface area contributed by atoms with Crippen molar-refractivity contribution in [1.82, 2.24) is 10.2 Å². The first-order valence-corrected chi connectivity index (χ1v) is 7.39. The van der Waals surface area contributed by atoms with Crippen LogP contribution in [-0.2, 0) is 16.1 Å². The Morgan fingerprint density at radius 2 is 2.09 bits per heavy atom. The lowest BCUT2D eigenvalue weighted by Gasteiger charge is -2.26. The maximum atomic E-state index is 12.0. The second-order valence-corrected chi connectivity index (χ2v) is 5.23. The summed E-state index contributed by atoms with van der Waals surface area (Å²) in [6.07, 6.45) is 2.42. The van der Waals surface area contributed by atoms with Gasteiger partial charge in [-0.05, 0) is 25.0 Å². The number of piperidine rings is 1. The Morgan fingerprint density at radius 1 is 1.27 bits per heavy atom. The molecule has 0 aromatic heterocycles. The van der Waals surface area contributed by atoms with Gasteiger partial charge in [-0.1, -0.05) is 0 Å². The molecule has 2 amide bonds. The summed E-state index contributed by atoms with van der Waals surface area (Å²) in [5, 5.41) is 2.83. The lowest BCUT2D eigenvalue weighted by molar-refractivity contribution is -0.137. The molecule has 0 aliphatic carbocycles. The molecule has 1 aliphatic heterocycles. The van der Waals surface area contributed by atoms with Gasteiger partial charge in [0.15, 0.2) is 0 Å². The predicted molar refractivity (Wildman–Crippen MR) is 81.8 cm³/mol. The van der Waals surface area contributed by atoms with E-state index in [2.05, 4.69) is 5.32 Å². The van der Waals surface area contributed by atoms with Crippen LogP contribution in [0.25, 0.3) is 0 Å². The Morgan fingerprint density at radius 3 is 2.77 bits per heavy atom. The maximum Gasteiger partial charge on any atom is 0.239 e. The lowest BCUT2D eigenvalue weighted by atomic mass is 10.1. The quantitative estimate of drug-likeness (QED) is 0.861. The fraction of sp³-hybridized carbons (Fsp3) is 0.500. The van der Waals surface area contributed by atoms with E-state index in [1.54, 1.807) is 25.2 Å². The average Bonchev–Trinajstić information content (AvgIpc) is 2.55. The zero-order chi connectivity index (χ0) is 15.9. The average molecular weight is 306 g/mol. The molecule has 0 saturated carbocycles. The van der Waals surface area contributed by atoms with Gasteiger partial charge in [-0.2, -0.15) is 0 Å². The van der Waals surface area contributed by atoms with Crippen LogP contribution >= 0.6 is 0 Å². The molecule has 1 heterocycles. The van der Waals surface area contributed by atoms with Gasteiger partial charge < -0.3 is 19.7 Å². The third kappa shape index (κ3) is 4.13. The molecule has 1 aliphatic rings. The van der Waals surface area contributed by atoms with Crippen LogP contribution in [-0.4, -0.2) is 44.0 Å². The van der Waals surface area contributed by atoms with E-state index in [1.165, 1.54) is 0 Å². The summed E-state index contributed by atoms with van der Waals surface area (Å²) >= 11 is 0. The smallest absolute Gasteiger partial charge is 0.239 e. The zero-order valence-electron chi connectivity index (χ0n) is 13.1. The summed E-state index contributed by atoms with van der Waals surface area (Å²) in [7, 11) is 3.17. The van der Waals surface area contributed by atoms with Gasteiger partial charge in [0.05, 0.1) is 20.8 Å². The topological polar surface area (TPSA) is 67.9 Å². The first-order valence-electron chi connectivity index (χ1n) is 7.39. The number of carbonyl (C=O) groups excluding carboxylic acids is 2. The Kier molecular flexibility index (Phi) is 5.63. The first kappa shape index (κ1) is 16.1. The van der Waals surface area contributed by atoms with Crippen LogP contribution in [0, 0.1) is 0 Å². The van der Waals surface area contributed by atoms with E-state index in [-0.39, 0.29) is 18.4 Å². The largest absolute Gasteiger partial charge is 0.497 e. The van der Waals surface area contributed by atoms with Crippen molar-refractivity contribution in [2.45, 2.75) is 25.8 Å². The number of likely N-dealkylation sites (tertiary alicyclic amines) is 1. The van der Waals surface area contributed by atoms with Crippen molar-refractivity contribution < 1.29 is 19.1 Å². The molecule has 0 atom stereocenters. The van der Waals surface area contributed by atoms with Gasteiger partial charge in [0.1, 0.15) is 11.5 Å². The molecule has 0 unspecified atom stereocenters. The highest BCUT2D eigenvalue weighted by Gasteiger charge is 2.20. The second kappa shape index (κ2) is 7.68. The molecule has 2 rings (SSSR count). The Hall–Kier alpha value is -2.24. The van der Waals surface area contributed by atoms with Gasteiger partial charge in [-0.25, -0.2) is 0 Å². The number of nitrogens with one attached hydrogen (secondary N) is 1. The molecule has 6 heteroatoms. The fourth-order valence-corrected chi connectivity index (χ4v) is 2.45. The van der Waals surface area contributed by atoms with Crippen LogP contribution in [0.5, 0.6) is 11.5 Å². The Labute approximate surface area is 130 Å². The van der Waals surface area contributed by atoms with Crippen molar-refractivity contribution >= 4 is 11.8 Å². The van der Waals surface area contributed by atoms with Crippen LogP contribution in [0.15, 0.2) is 18.2 Å². The zero-order valence-corrected chi connectivity index (χ0v) is 13.1. The van der Waals surface area contributed by atoms with Crippen LogP contribution in [0.4, 0.5) is 0 Å². The van der Waals surface area contributed by atoms with Crippen LogP contribution < -0.4 is 14.8 Å². The summed E-state index contributed by atoms with van der Waals surface area (Å²) in [4.78, 5) is 25.3.